The van der Waals surface area contributed by atoms with Crippen molar-refractivity contribution in [1.82, 2.24) is 0 Å². The molecule has 5 nitrogen and oxygen atoms in total. The van der Waals surface area contributed by atoms with E-state index in [1.807, 2.05) is 6.07 Å². The first-order valence-corrected chi connectivity index (χ1v) is 7.80. The lowest BCUT2D eigenvalue weighted by Gasteiger charge is -2.33. The van der Waals surface area contributed by atoms with Crippen molar-refractivity contribution in [2.45, 2.75) is 0 Å². The normalized spacial score (nSPS) is 15.4. The van der Waals surface area contributed by atoms with E-state index in [1.54, 1.807) is 12.1 Å². The van der Waals surface area contributed by atoms with Crippen LogP contribution in [0.2, 0.25) is 0 Å². The van der Waals surface area contributed by atoms with Crippen molar-refractivity contribution < 1.29 is 19.5 Å². The number of aromatic carboxylic acids is 1. The topological polar surface area (TPSA) is 57.0 Å². The average Bonchev–Trinajstić information content (AvgIpc) is 2.61. The summed E-state index contributed by atoms with van der Waals surface area (Å²) in [5.41, 5.74) is 1.40. The monoisotopic (exact) mass is 312 g/mol. The fourth-order valence-corrected chi connectivity index (χ4v) is 2.76. The number of para-hydroxylation sites is 1. The van der Waals surface area contributed by atoms with E-state index in [9.17, 15) is 9.90 Å². The molecular weight excluding hydrogens is 292 g/mol. The molecule has 1 N–H and O–H groups in total. The molecule has 3 rings (SSSR count). The van der Waals surface area contributed by atoms with Gasteiger partial charge in [-0.15, -0.1) is 0 Å². The van der Waals surface area contributed by atoms with Gasteiger partial charge in [-0.3, -0.25) is 4.90 Å². The number of hydrogen-bond acceptors (Lipinski definition) is 4. The highest BCUT2D eigenvalue weighted by Gasteiger charge is 2.20. The molecule has 0 radical (unpaired) electrons. The summed E-state index contributed by atoms with van der Waals surface area (Å²) in [7, 11) is 0. The quantitative estimate of drug-likeness (QED) is 0.830. The van der Waals surface area contributed by atoms with Crippen LogP contribution in [0.15, 0.2) is 54.6 Å². The van der Waals surface area contributed by atoms with Gasteiger partial charge >= 0.3 is 0 Å². The number of hydrogen-bond donors (Lipinski definition) is 1. The molecule has 120 valence electrons. The third-order valence-electron chi connectivity index (χ3n) is 4.10. The maximum Gasteiger partial charge on any atom is 0.222 e. The van der Waals surface area contributed by atoms with Crippen LogP contribution in [0.4, 0.5) is 5.69 Å². The third kappa shape index (κ3) is 4.02. The van der Waals surface area contributed by atoms with E-state index in [0.29, 0.717) is 12.5 Å². The minimum atomic E-state index is -1.18. The van der Waals surface area contributed by atoms with Gasteiger partial charge in [-0.1, -0.05) is 30.3 Å². The SMILES string of the molecule is O=C([O-])c1cccc(OC[NH+]2CCN(c3ccccc3)CC2)c1. The van der Waals surface area contributed by atoms with Crippen molar-refractivity contribution >= 4 is 11.7 Å². The number of ether oxygens (including phenoxy) is 1. The lowest BCUT2D eigenvalue weighted by molar-refractivity contribution is -0.916. The highest BCUT2D eigenvalue weighted by atomic mass is 16.5. The molecule has 5 heteroatoms. The standard InChI is InChI=1S/C18H20N2O3/c21-18(22)15-5-4-8-17(13-15)23-14-19-9-11-20(12-10-19)16-6-2-1-3-7-16/h1-8,13H,9-12,14H2,(H,21,22). The van der Waals surface area contributed by atoms with Gasteiger partial charge in [-0.25, -0.2) is 0 Å². The van der Waals surface area contributed by atoms with Gasteiger partial charge in [0.05, 0.1) is 32.1 Å². The van der Waals surface area contributed by atoms with Crippen LogP contribution in [-0.4, -0.2) is 38.9 Å². The Morgan fingerprint density at radius 3 is 2.52 bits per heavy atom. The molecule has 0 atom stereocenters. The van der Waals surface area contributed by atoms with Crippen molar-refractivity contribution in [1.29, 1.82) is 0 Å². The van der Waals surface area contributed by atoms with Crippen LogP contribution >= 0.6 is 0 Å². The minimum absolute atomic E-state index is 0.145. The molecule has 0 aromatic heterocycles. The summed E-state index contributed by atoms with van der Waals surface area (Å²) >= 11 is 0. The summed E-state index contributed by atoms with van der Waals surface area (Å²) in [5.74, 6) is -0.607. The molecule has 0 unspecified atom stereocenters. The van der Waals surface area contributed by atoms with Gasteiger partial charge in [0.1, 0.15) is 5.75 Å². The molecule has 23 heavy (non-hydrogen) atoms. The van der Waals surface area contributed by atoms with E-state index in [4.69, 9.17) is 4.74 Å². The van der Waals surface area contributed by atoms with E-state index in [0.717, 1.165) is 26.2 Å². The summed E-state index contributed by atoms with van der Waals surface area (Å²) in [5, 5.41) is 10.9. The zero-order valence-corrected chi connectivity index (χ0v) is 12.9. The Labute approximate surface area is 135 Å². The molecular formula is C18H20N2O3. The molecule has 0 amide bonds. The van der Waals surface area contributed by atoms with E-state index >= 15 is 0 Å². The molecule has 0 bridgehead atoms. The molecule has 1 heterocycles. The van der Waals surface area contributed by atoms with Crippen LogP contribution in [0.1, 0.15) is 10.4 Å². The number of quaternary nitrogens is 1. The van der Waals surface area contributed by atoms with E-state index in [2.05, 4.69) is 29.2 Å². The smallest absolute Gasteiger partial charge is 0.222 e. The number of carbonyl (C=O) groups is 1. The Kier molecular flexibility index (Phi) is 4.78. The first kappa shape index (κ1) is 15.4. The fourth-order valence-electron chi connectivity index (χ4n) is 2.76. The largest absolute Gasteiger partial charge is 0.545 e. The molecule has 0 saturated carbocycles. The van der Waals surface area contributed by atoms with Crippen LogP contribution in [0.5, 0.6) is 5.75 Å². The zero-order valence-electron chi connectivity index (χ0n) is 12.9. The lowest BCUT2D eigenvalue weighted by Crippen LogP contribution is -3.15. The predicted molar refractivity (Wildman–Crippen MR) is 85.6 cm³/mol. The van der Waals surface area contributed by atoms with Crippen molar-refractivity contribution in [3.8, 4) is 5.75 Å². The van der Waals surface area contributed by atoms with E-state index in [1.165, 1.54) is 22.7 Å². The van der Waals surface area contributed by atoms with Gasteiger partial charge in [-0.05, 0) is 24.3 Å². The van der Waals surface area contributed by atoms with Gasteiger partial charge in [0.25, 0.3) is 0 Å². The lowest BCUT2D eigenvalue weighted by atomic mass is 10.2. The average molecular weight is 312 g/mol. The summed E-state index contributed by atoms with van der Waals surface area (Å²) in [4.78, 5) is 14.6. The number of carboxylic acids is 1. The van der Waals surface area contributed by atoms with Gasteiger partial charge in [0, 0.05) is 11.3 Å². The van der Waals surface area contributed by atoms with Crippen LogP contribution in [0, 0.1) is 0 Å². The Morgan fingerprint density at radius 1 is 1.09 bits per heavy atom. The molecule has 2 aromatic carbocycles. The first-order valence-electron chi connectivity index (χ1n) is 7.80. The first-order chi connectivity index (χ1) is 11.2. The number of benzene rings is 2. The number of anilines is 1. The second-order valence-electron chi connectivity index (χ2n) is 5.68. The highest BCUT2D eigenvalue weighted by molar-refractivity contribution is 5.86. The Balaban J connectivity index is 1.49. The summed E-state index contributed by atoms with van der Waals surface area (Å²) in [6.07, 6.45) is 0. The molecule has 1 fully saturated rings. The third-order valence-corrected chi connectivity index (χ3v) is 4.10. The summed E-state index contributed by atoms with van der Waals surface area (Å²) in [6.45, 7) is 4.51. The second-order valence-corrected chi connectivity index (χ2v) is 5.68. The predicted octanol–water partition coefficient (Wildman–Crippen LogP) is -0.208. The zero-order chi connectivity index (χ0) is 16.1. The van der Waals surface area contributed by atoms with Gasteiger partial charge in [0.15, 0.2) is 0 Å². The van der Waals surface area contributed by atoms with Gasteiger partial charge < -0.3 is 19.5 Å². The maximum absolute atomic E-state index is 10.9. The molecule has 1 aliphatic heterocycles. The number of carbonyl (C=O) groups excluding carboxylic acids is 1. The van der Waals surface area contributed by atoms with Crippen LogP contribution in [0.3, 0.4) is 0 Å². The fraction of sp³-hybridized carbons (Fsp3) is 0.278. The van der Waals surface area contributed by atoms with Crippen LogP contribution in [-0.2, 0) is 0 Å². The highest BCUT2D eigenvalue weighted by Crippen LogP contribution is 2.13. The van der Waals surface area contributed by atoms with Gasteiger partial charge in [0.2, 0.25) is 6.73 Å². The number of rotatable bonds is 5. The molecule has 0 aliphatic carbocycles. The van der Waals surface area contributed by atoms with E-state index < -0.39 is 5.97 Å². The van der Waals surface area contributed by atoms with E-state index in [-0.39, 0.29) is 5.56 Å². The number of nitrogens with one attached hydrogen (secondary N) is 1. The van der Waals surface area contributed by atoms with Crippen molar-refractivity contribution in [3.63, 3.8) is 0 Å². The van der Waals surface area contributed by atoms with Crippen LogP contribution < -0.4 is 19.6 Å². The Morgan fingerprint density at radius 2 is 1.83 bits per heavy atom. The van der Waals surface area contributed by atoms with Crippen LogP contribution in [0.25, 0.3) is 0 Å². The minimum Gasteiger partial charge on any atom is -0.545 e. The van der Waals surface area contributed by atoms with Crippen molar-refractivity contribution in [3.05, 3.63) is 60.2 Å². The second kappa shape index (κ2) is 7.15. The molecule has 1 aliphatic rings. The Bertz CT molecular complexity index is 652. The molecule has 1 saturated heterocycles. The molecule has 2 aromatic rings. The van der Waals surface area contributed by atoms with Gasteiger partial charge in [-0.2, -0.15) is 0 Å². The number of carboxylic acid groups (broad SMARTS) is 1. The maximum atomic E-state index is 10.9. The van der Waals surface area contributed by atoms with Crippen molar-refractivity contribution in [2.24, 2.45) is 0 Å². The number of piperazine rings is 1. The Hall–Kier alpha value is -2.53. The van der Waals surface area contributed by atoms with Crippen molar-refractivity contribution in [2.75, 3.05) is 37.8 Å². The summed E-state index contributed by atoms with van der Waals surface area (Å²) in [6, 6.07) is 16.9. The summed E-state index contributed by atoms with van der Waals surface area (Å²) < 4.78 is 5.73. The number of nitrogens with zero attached hydrogens (tertiary/aromatic N) is 1. The molecule has 0 spiro atoms.